The Hall–Kier alpha value is -2.70. The van der Waals surface area contributed by atoms with Crippen LogP contribution in [0.25, 0.3) is 21.3 Å². The van der Waals surface area contributed by atoms with Crippen LogP contribution in [0.5, 0.6) is 5.75 Å². The molecule has 0 aliphatic heterocycles. The number of hydrogen-bond acceptors (Lipinski definition) is 4. The van der Waals surface area contributed by atoms with Gasteiger partial charge in [-0.2, -0.15) is 0 Å². The minimum atomic E-state index is -0.238. The number of carbonyl (C=O) groups excluding carboxylic acids is 1. The molecule has 4 rings (SSSR count). The number of halogens is 1. The minimum absolute atomic E-state index is 0.0861. The summed E-state index contributed by atoms with van der Waals surface area (Å²) in [7, 11) is 0. The zero-order valence-corrected chi connectivity index (χ0v) is 18.4. The van der Waals surface area contributed by atoms with Gasteiger partial charge in [0.2, 0.25) is 0 Å². The number of carbonyl (C=O) groups is 1. The standard InChI is InChI=1S/C23H19BrN2O2S/c1-14-8-11-20-22(15(14)2)26-23(29-20)25-21(27)13-28-19-10-9-17(12-18(19)24)16-6-4-3-5-7-16/h3-12H,13H2,1-2H3,(H,25,26,27). The van der Waals surface area contributed by atoms with Crippen LogP contribution >= 0.6 is 27.3 Å². The molecule has 1 aromatic heterocycles. The van der Waals surface area contributed by atoms with Gasteiger partial charge in [-0.1, -0.05) is 53.8 Å². The molecule has 6 heteroatoms. The average Bonchev–Trinajstić information content (AvgIpc) is 3.14. The normalized spacial score (nSPS) is 10.9. The maximum absolute atomic E-state index is 12.3. The van der Waals surface area contributed by atoms with Crippen molar-refractivity contribution in [3.63, 3.8) is 0 Å². The van der Waals surface area contributed by atoms with Crippen molar-refractivity contribution in [3.05, 3.63) is 76.3 Å². The van der Waals surface area contributed by atoms with Crippen molar-refractivity contribution in [1.29, 1.82) is 0 Å². The molecule has 1 amide bonds. The molecule has 0 aliphatic carbocycles. The van der Waals surface area contributed by atoms with Crippen LogP contribution in [0.2, 0.25) is 0 Å². The van der Waals surface area contributed by atoms with Gasteiger partial charge in [-0.3, -0.25) is 10.1 Å². The highest BCUT2D eigenvalue weighted by Crippen LogP contribution is 2.31. The minimum Gasteiger partial charge on any atom is -0.483 e. The fraction of sp³-hybridized carbons (Fsp3) is 0.130. The lowest BCUT2D eigenvalue weighted by atomic mass is 10.1. The van der Waals surface area contributed by atoms with Crippen molar-refractivity contribution in [1.82, 2.24) is 4.98 Å². The molecule has 0 spiro atoms. The van der Waals surface area contributed by atoms with E-state index in [1.807, 2.05) is 49.4 Å². The quantitative estimate of drug-likeness (QED) is 0.372. The SMILES string of the molecule is Cc1ccc2sc(NC(=O)COc3ccc(-c4ccccc4)cc3Br)nc2c1C. The van der Waals surface area contributed by atoms with Gasteiger partial charge < -0.3 is 4.74 Å². The molecule has 0 aliphatic rings. The molecular weight excluding hydrogens is 448 g/mol. The van der Waals surface area contributed by atoms with Crippen molar-refractivity contribution in [2.24, 2.45) is 0 Å². The smallest absolute Gasteiger partial charge is 0.264 e. The molecule has 1 heterocycles. The number of amides is 1. The van der Waals surface area contributed by atoms with Crippen molar-refractivity contribution in [2.45, 2.75) is 13.8 Å². The average molecular weight is 467 g/mol. The Morgan fingerprint density at radius 1 is 1.07 bits per heavy atom. The summed E-state index contributed by atoms with van der Waals surface area (Å²) in [5.74, 6) is 0.382. The van der Waals surface area contributed by atoms with Crippen molar-refractivity contribution >= 4 is 48.5 Å². The van der Waals surface area contributed by atoms with Gasteiger partial charge in [0.05, 0.1) is 14.7 Å². The molecule has 4 nitrogen and oxygen atoms in total. The predicted octanol–water partition coefficient (Wildman–Crippen LogP) is 6.36. The van der Waals surface area contributed by atoms with Crippen molar-refractivity contribution in [3.8, 4) is 16.9 Å². The molecule has 3 aromatic carbocycles. The predicted molar refractivity (Wildman–Crippen MR) is 123 cm³/mol. The summed E-state index contributed by atoms with van der Waals surface area (Å²) in [4.78, 5) is 16.9. The Morgan fingerprint density at radius 3 is 2.62 bits per heavy atom. The number of hydrogen-bond donors (Lipinski definition) is 1. The van der Waals surface area contributed by atoms with Crippen LogP contribution in [0.3, 0.4) is 0 Å². The van der Waals surface area contributed by atoms with E-state index in [2.05, 4.69) is 51.4 Å². The second-order valence-electron chi connectivity index (χ2n) is 6.72. The van der Waals surface area contributed by atoms with Crippen LogP contribution in [0, 0.1) is 13.8 Å². The van der Waals surface area contributed by atoms with E-state index >= 15 is 0 Å². The van der Waals surface area contributed by atoms with Gasteiger partial charge in [-0.25, -0.2) is 4.98 Å². The zero-order chi connectivity index (χ0) is 20.4. The van der Waals surface area contributed by atoms with E-state index in [9.17, 15) is 4.79 Å². The van der Waals surface area contributed by atoms with Crippen LogP contribution in [0.4, 0.5) is 5.13 Å². The molecule has 146 valence electrons. The van der Waals surface area contributed by atoms with E-state index in [0.29, 0.717) is 10.9 Å². The van der Waals surface area contributed by atoms with E-state index in [0.717, 1.165) is 31.4 Å². The van der Waals surface area contributed by atoms with E-state index in [4.69, 9.17) is 4.74 Å². The maximum atomic E-state index is 12.3. The summed E-state index contributed by atoms with van der Waals surface area (Å²) < 4.78 is 7.56. The number of nitrogens with zero attached hydrogens (tertiary/aromatic N) is 1. The van der Waals surface area contributed by atoms with Crippen LogP contribution in [0.15, 0.2) is 65.1 Å². The first-order valence-electron chi connectivity index (χ1n) is 9.15. The lowest BCUT2D eigenvalue weighted by Crippen LogP contribution is -2.20. The molecule has 1 N–H and O–H groups in total. The van der Waals surface area contributed by atoms with Crippen LogP contribution in [-0.4, -0.2) is 17.5 Å². The van der Waals surface area contributed by atoms with E-state index in [1.54, 1.807) is 0 Å². The molecule has 0 fully saturated rings. The Balaban J connectivity index is 1.41. The number of ether oxygens (including phenoxy) is 1. The molecule has 29 heavy (non-hydrogen) atoms. The summed E-state index contributed by atoms with van der Waals surface area (Å²) in [6, 6.07) is 20.0. The van der Waals surface area contributed by atoms with Crippen molar-refractivity contribution in [2.75, 3.05) is 11.9 Å². The maximum Gasteiger partial charge on any atom is 0.264 e. The third-order valence-electron chi connectivity index (χ3n) is 4.73. The summed E-state index contributed by atoms with van der Waals surface area (Å²) in [5, 5.41) is 3.42. The fourth-order valence-electron chi connectivity index (χ4n) is 3.01. The third-order valence-corrected chi connectivity index (χ3v) is 6.28. The summed E-state index contributed by atoms with van der Waals surface area (Å²) in [6.45, 7) is 4.01. The number of aryl methyl sites for hydroxylation is 2. The van der Waals surface area contributed by atoms with Crippen molar-refractivity contribution < 1.29 is 9.53 Å². The highest BCUT2D eigenvalue weighted by molar-refractivity contribution is 9.10. The van der Waals surface area contributed by atoms with Gasteiger partial charge in [0, 0.05) is 0 Å². The molecule has 4 aromatic rings. The number of fused-ring (bicyclic) bond motifs is 1. The van der Waals surface area contributed by atoms with E-state index in [1.165, 1.54) is 16.9 Å². The molecule has 0 saturated heterocycles. The second kappa shape index (κ2) is 8.35. The number of nitrogens with one attached hydrogen (secondary N) is 1. The zero-order valence-electron chi connectivity index (χ0n) is 16.0. The number of rotatable bonds is 5. The van der Waals surface area contributed by atoms with Gasteiger partial charge >= 0.3 is 0 Å². The summed E-state index contributed by atoms with van der Waals surface area (Å²) in [5.41, 5.74) is 5.46. The highest BCUT2D eigenvalue weighted by Gasteiger charge is 2.12. The first-order valence-corrected chi connectivity index (χ1v) is 10.8. The van der Waals surface area contributed by atoms with Crippen LogP contribution in [-0.2, 0) is 4.79 Å². The lowest BCUT2D eigenvalue weighted by Gasteiger charge is -2.09. The summed E-state index contributed by atoms with van der Waals surface area (Å²) in [6.07, 6.45) is 0. The molecule has 0 unspecified atom stereocenters. The molecular formula is C23H19BrN2O2S. The van der Waals surface area contributed by atoms with E-state index in [-0.39, 0.29) is 12.5 Å². The molecule has 0 saturated carbocycles. The largest absolute Gasteiger partial charge is 0.483 e. The molecule has 0 bridgehead atoms. The first-order chi connectivity index (χ1) is 14.0. The Bertz CT molecular complexity index is 1190. The van der Waals surface area contributed by atoms with Gasteiger partial charge in [-0.15, -0.1) is 0 Å². The van der Waals surface area contributed by atoms with Gasteiger partial charge in [0.25, 0.3) is 5.91 Å². The molecule has 0 radical (unpaired) electrons. The Morgan fingerprint density at radius 2 is 1.86 bits per heavy atom. The van der Waals surface area contributed by atoms with Gasteiger partial charge in [-0.05, 0) is 70.2 Å². The number of aromatic nitrogens is 1. The Labute approximate surface area is 181 Å². The molecule has 0 atom stereocenters. The number of thiazole rings is 1. The number of benzene rings is 3. The van der Waals surface area contributed by atoms with Crippen LogP contribution < -0.4 is 10.1 Å². The second-order valence-corrected chi connectivity index (χ2v) is 8.61. The fourth-order valence-corrected chi connectivity index (χ4v) is 4.44. The monoisotopic (exact) mass is 466 g/mol. The van der Waals surface area contributed by atoms with Gasteiger partial charge in [0.1, 0.15) is 5.75 Å². The third kappa shape index (κ3) is 4.33. The lowest BCUT2D eigenvalue weighted by molar-refractivity contribution is -0.118. The number of anilines is 1. The first kappa shape index (κ1) is 19.6. The Kier molecular flexibility index (Phi) is 5.65. The highest BCUT2D eigenvalue weighted by atomic mass is 79.9. The topological polar surface area (TPSA) is 51.2 Å². The van der Waals surface area contributed by atoms with E-state index < -0.39 is 0 Å². The van der Waals surface area contributed by atoms with Gasteiger partial charge in [0.15, 0.2) is 11.7 Å². The van der Waals surface area contributed by atoms with Crippen LogP contribution in [0.1, 0.15) is 11.1 Å². The summed E-state index contributed by atoms with van der Waals surface area (Å²) >= 11 is 5.00.